The van der Waals surface area contributed by atoms with Gasteiger partial charge in [-0.1, -0.05) is 0 Å². The summed E-state index contributed by atoms with van der Waals surface area (Å²) in [6, 6.07) is 4.94. The van der Waals surface area contributed by atoms with E-state index in [9.17, 15) is 13.2 Å². The summed E-state index contributed by atoms with van der Waals surface area (Å²) in [6.45, 7) is 3.49. The van der Waals surface area contributed by atoms with Crippen LogP contribution in [0.1, 0.15) is 15.4 Å². The summed E-state index contributed by atoms with van der Waals surface area (Å²) in [5.74, 6) is 0.548. The van der Waals surface area contributed by atoms with Crippen molar-refractivity contribution in [2.24, 2.45) is 4.99 Å². The standard InChI is InChI=1S/C15H19F3N6S.HI/c1-10-3-4-11(25-10)9-23-13(19-2)21-7-8-22-14-20-6-5-12(24-14)15(16,17)18;/h3-6H,7-9H2,1-2H3,(H2,19,21,23)(H,20,22,24);1H. The van der Waals surface area contributed by atoms with E-state index in [0.717, 1.165) is 12.3 Å². The van der Waals surface area contributed by atoms with Crippen LogP contribution in [-0.2, 0) is 12.7 Å². The zero-order valence-corrected chi connectivity index (χ0v) is 17.4. The van der Waals surface area contributed by atoms with E-state index in [1.165, 1.54) is 9.75 Å². The van der Waals surface area contributed by atoms with Gasteiger partial charge in [0.15, 0.2) is 5.96 Å². The average Bonchev–Trinajstić information content (AvgIpc) is 2.99. The fourth-order valence-electron chi connectivity index (χ4n) is 1.93. The van der Waals surface area contributed by atoms with E-state index in [-0.39, 0.29) is 29.9 Å². The number of guanidine groups is 1. The molecule has 0 aliphatic rings. The molecule has 6 nitrogen and oxygen atoms in total. The molecule has 0 saturated heterocycles. The SMILES string of the molecule is CN=C(NCCNc1nccc(C(F)(F)F)n1)NCc1ccc(C)s1.I. The Morgan fingerprint density at radius 2 is 1.96 bits per heavy atom. The molecule has 3 N–H and O–H groups in total. The van der Waals surface area contributed by atoms with Gasteiger partial charge < -0.3 is 16.0 Å². The fraction of sp³-hybridized carbons (Fsp3) is 0.400. The van der Waals surface area contributed by atoms with Crippen LogP contribution in [0.4, 0.5) is 19.1 Å². The van der Waals surface area contributed by atoms with E-state index in [4.69, 9.17) is 0 Å². The Kier molecular flexibility index (Phi) is 9.05. The van der Waals surface area contributed by atoms with Gasteiger partial charge in [0.25, 0.3) is 0 Å². The summed E-state index contributed by atoms with van der Waals surface area (Å²) in [4.78, 5) is 13.7. The highest BCUT2D eigenvalue weighted by Gasteiger charge is 2.32. The Morgan fingerprint density at radius 3 is 2.58 bits per heavy atom. The van der Waals surface area contributed by atoms with Crippen molar-refractivity contribution in [1.82, 2.24) is 20.6 Å². The second-order valence-electron chi connectivity index (χ2n) is 5.05. The van der Waals surface area contributed by atoms with Crippen LogP contribution in [0.3, 0.4) is 0 Å². The van der Waals surface area contributed by atoms with Crippen molar-refractivity contribution in [3.05, 3.63) is 39.8 Å². The fourth-order valence-corrected chi connectivity index (χ4v) is 2.76. The van der Waals surface area contributed by atoms with Crippen molar-refractivity contribution in [2.75, 3.05) is 25.5 Å². The molecule has 0 spiro atoms. The second-order valence-corrected chi connectivity index (χ2v) is 6.43. The third-order valence-corrected chi connectivity index (χ3v) is 4.10. The van der Waals surface area contributed by atoms with Crippen LogP contribution in [0, 0.1) is 6.92 Å². The number of aryl methyl sites for hydroxylation is 1. The largest absolute Gasteiger partial charge is 0.433 e. The maximum atomic E-state index is 12.6. The maximum Gasteiger partial charge on any atom is 0.433 e. The first-order chi connectivity index (χ1) is 11.9. The Balaban J connectivity index is 0.00000338. The topological polar surface area (TPSA) is 74.2 Å². The molecule has 0 aliphatic heterocycles. The minimum atomic E-state index is -4.48. The molecule has 0 amide bonds. The summed E-state index contributed by atoms with van der Waals surface area (Å²) in [6.07, 6.45) is -3.40. The minimum absolute atomic E-state index is 0. The Bertz CT molecular complexity index is 719. The second kappa shape index (κ2) is 10.5. The van der Waals surface area contributed by atoms with Gasteiger partial charge in [-0.05, 0) is 25.1 Å². The summed E-state index contributed by atoms with van der Waals surface area (Å²) in [7, 11) is 1.65. The summed E-state index contributed by atoms with van der Waals surface area (Å²) >= 11 is 1.70. The van der Waals surface area contributed by atoms with Crippen molar-refractivity contribution in [2.45, 2.75) is 19.6 Å². The zero-order chi connectivity index (χ0) is 18.3. The van der Waals surface area contributed by atoms with Crippen molar-refractivity contribution in [1.29, 1.82) is 0 Å². The van der Waals surface area contributed by atoms with Gasteiger partial charge >= 0.3 is 6.18 Å². The lowest BCUT2D eigenvalue weighted by molar-refractivity contribution is -0.141. The molecule has 0 aromatic carbocycles. The number of anilines is 1. The van der Waals surface area contributed by atoms with Crippen molar-refractivity contribution >= 4 is 47.2 Å². The number of thiophene rings is 1. The van der Waals surface area contributed by atoms with Crippen LogP contribution in [0.15, 0.2) is 29.4 Å². The smallest absolute Gasteiger partial charge is 0.355 e. The van der Waals surface area contributed by atoms with Crippen molar-refractivity contribution in [3.8, 4) is 0 Å². The summed E-state index contributed by atoms with van der Waals surface area (Å²) < 4.78 is 37.7. The zero-order valence-electron chi connectivity index (χ0n) is 14.2. The minimum Gasteiger partial charge on any atom is -0.355 e. The predicted molar refractivity (Wildman–Crippen MR) is 108 cm³/mol. The van der Waals surface area contributed by atoms with E-state index < -0.39 is 11.9 Å². The predicted octanol–water partition coefficient (Wildman–Crippen LogP) is 3.26. The molecule has 2 aromatic heterocycles. The first-order valence-electron chi connectivity index (χ1n) is 7.52. The van der Waals surface area contributed by atoms with E-state index in [1.54, 1.807) is 18.4 Å². The molecular weight excluding hydrogens is 480 g/mol. The van der Waals surface area contributed by atoms with Crippen LogP contribution in [0.25, 0.3) is 0 Å². The molecule has 0 saturated carbocycles. The van der Waals surface area contributed by atoms with E-state index in [0.29, 0.717) is 25.6 Å². The Morgan fingerprint density at radius 1 is 1.19 bits per heavy atom. The van der Waals surface area contributed by atoms with Crippen LogP contribution >= 0.6 is 35.3 Å². The van der Waals surface area contributed by atoms with Gasteiger partial charge in [-0.3, -0.25) is 4.99 Å². The molecule has 0 unspecified atom stereocenters. The molecule has 2 aromatic rings. The number of hydrogen-bond donors (Lipinski definition) is 3. The summed E-state index contributed by atoms with van der Waals surface area (Å²) in [5, 5.41) is 8.98. The van der Waals surface area contributed by atoms with E-state index in [1.807, 2.05) is 13.0 Å². The molecule has 2 rings (SSSR count). The number of nitrogens with one attached hydrogen (secondary N) is 3. The number of rotatable bonds is 6. The van der Waals surface area contributed by atoms with Crippen LogP contribution in [0.5, 0.6) is 0 Å². The molecule has 11 heteroatoms. The number of halogens is 4. The first-order valence-corrected chi connectivity index (χ1v) is 8.34. The molecule has 26 heavy (non-hydrogen) atoms. The number of hydrogen-bond acceptors (Lipinski definition) is 5. The van der Waals surface area contributed by atoms with Gasteiger partial charge in [-0.25, -0.2) is 9.97 Å². The lowest BCUT2D eigenvalue weighted by Gasteiger charge is -2.12. The van der Waals surface area contributed by atoms with E-state index >= 15 is 0 Å². The van der Waals surface area contributed by atoms with Gasteiger partial charge in [0.1, 0.15) is 5.69 Å². The number of alkyl halides is 3. The molecule has 0 fully saturated rings. The highest BCUT2D eigenvalue weighted by molar-refractivity contribution is 14.0. The number of nitrogens with zero attached hydrogens (tertiary/aromatic N) is 3. The lowest BCUT2D eigenvalue weighted by Crippen LogP contribution is -2.39. The normalized spacial score (nSPS) is 11.7. The van der Waals surface area contributed by atoms with Gasteiger partial charge in [-0.2, -0.15) is 13.2 Å². The highest BCUT2D eigenvalue weighted by Crippen LogP contribution is 2.27. The molecule has 144 valence electrons. The van der Waals surface area contributed by atoms with E-state index in [2.05, 4.69) is 37.0 Å². The Labute approximate surface area is 170 Å². The third-order valence-electron chi connectivity index (χ3n) is 3.10. The average molecular weight is 500 g/mol. The number of aliphatic imine (C=N–C) groups is 1. The maximum absolute atomic E-state index is 12.6. The highest BCUT2D eigenvalue weighted by atomic mass is 127. The Hall–Kier alpha value is -1.63. The molecule has 0 bridgehead atoms. The third kappa shape index (κ3) is 7.32. The molecule has 2 heterocycles. The molecule has 0 aliphatic carbocycles. The van der Waals surface area contributed by atoms with Crippen LogP contribution < -0.4 is 16.0 Å². The van der Waals surface area contributed by atoms with Crippen LogP contribution in [0.2, 0.25) is 0 Å². The molecule has 0 radical (unpaired) electrons. The lowest BCUT2D eigenvalue weighted by atomic mass is 10.4. The summed E-state index contributed by atoms with van der Waals surface area (Å²) in [5.41, 5.74) is -0.971. The van der Waals surface area contributed by atoms with Gasteiger partial charge in [0.05, 0.1) is 6.54 Å². The van der Waals surface area contributed by atoms with Crippen LogP contribution in [-0.4, -0.2) is 36.1 Å². The van der Waals surface area contributed by atoms with Crippen molar-refractivity contribution < 1.29 is 13.2 Å². The first kappa shape index (κ1) is 22.4. The monoisotopic (exact) mass is 500 g/mol. The van der Waals surface area contributed by atoms with Gasteiger partial charge in [0, 0.05) is 36.1 Å². The molecular formula is C15H20F3IN6S. The number of aromatic nitrogens is 2. The molecule has 0 atom stereocenters. The van der Waals surface area contributed by atoms with Crippen molar-refractivity contribution in [3.63, 3.8) is 0 Å². The quantitative estimate of drug-likeness (QED) is 0.246. The van der Waals surface area contributed by atoms with Gasteiger partial charge in [-0.15, -0.1) is 35.3 Å². The van der Waals surface area contributed by atoms with Gasteiger partial charge in [0.2, 0.25) is 5.95 Å².